The first-order chi connectivity index (χ1) is 16.2. The van der Waals surface area contributed by atoms with E-state index in [1.54, 1.807) is 60.4 Å². The van der Waals surface area contributed by atoms with Crippen LogP contribution >= 0.6 is 0 Å². The molecule has 2 aliphatic rings. The second-order valence-corrected chi connectivity index (χ2v) is 10.6. The third kappa shape index (κ3) is 4.76. The second-order valence-electron chi connectivity index (χ2n) is 8.70. The number of amides is 1. The van der Waals surface area contributed by atoms with Crippen molar-refractivity contribution in [3.05, 3.63) is 59.7 Å². The molecule has 0 saturated carbocycles. The van der Waals surface area contributed by atoms with Gasteiger partial charge in [-0.25, -0.2) is 8.42 Å². The maximum absolute atomic E-state index is 12.9. The van der Waals surface area contributed by atoms with Gasteiger partial charge in [-0.2, -0.15) is 4.31 Å². The van der Waals surface area contributed by atoms with Gasteiger partial charge >= 0.3 is 5.97 Å². The summed E-state index contributed by atoms with van der Waals surface area (Å²) < 4.78 is 32.4. The summed E-state index contributed by atoms with van der Waals surface area (Å²) in [6, 6.07) is 13.4. The minimum absolute atomic E-state index is 0.0391. The van der Waals surface area contributed by atoms with E-state index in [2.05, 4.69) is 0 Å². The fourth-order valence-corrected chi connectivity index (χ4v) is 6.00. The number of anilines is 1. The van der Waals surface area contributed by atoms with Crippen LogP contribution in [0.15, 0.2) is 53.4 Å². The molecule has 0 unspecified atom stereocenters. The van der Waals surface area contributed by atoms with Crippen molar-refractivity contribution in [2.45, 2.75) is 44.1 Å². The van der Waals surface area contributed by atoms with Gasteiger partial charge in [0.1, 0.15) is 0 Å². The quantitative estimate of drug-likeness (QED) is 0.462. The largest absolute Gasteiger partial charge is 0.454 e. The molecule has 1 amide bonds. The number of carbonyl (C=O) groups is 3. The standard InChI is InChI=1S/C25H28N2O6S/c1-17(24(29)21-8-9-23-20(16-21)12-15-27(23)18(2)28)33-25(30)19-10-13-26(14-11-19)34(31,32)22-6-4-3-5-7-22/h3-9,16-17,19H,10-15H2,1-2H3/t17-/m1/s1. The zero-order valence-corrected chi connectivity index (χ0v) is 20.1. The molecular formula is C25H28N2O6S. The molecule has 2 aromatic carbocycles. The number of Topliss-reactive ketones (excluding diaryl/α,β-unsaturated/α-hetero) is 1. The number of carbonyl (C=O) groups excluding carboxylic acids is 3. The highest BCUT2D eigenvalue weighted by Gasteiger charge is 2.34. The van der Waals surface area contributed by atoms with E-state index in [1.165, 1.54) is 11.2 Å². The number of ether oxygens (including phenoxy) is 1. The lowest BCUT2D eigenvalue weighted by molar-refractivity contribution is -0.152. The number of hydrogen-bond donors (Lipinski definition) is 0. The van der Waals surface area contributed by atoms with Crippen molar-refractivity contribution in [3.63, 3.8) is 0 Å². The van der Waals surface area contributed by atoms with Crippen LogP contribution in [0.2, 0.25) is 0 Å². The molecule has 1 saturated heterocycles. The number of nitrogens with zero attached hydrogens (tertiary/aromatic N) is 2. The van der Waals surface area contributed by atoms with Crippen molar-refractivity contribution >= 4 is 33.4 Å². The Morgan fingerprint density at radius 3 is 2.32 bits per heavy atom. The van der Waals surface area contributed by atoms with Crippen molar-refractivity contribution < 1.29 is 27.5 Å². The van der Waals surface area contributed by atoms with Gasteiger partial charge in [-0.3, -0.25) is 14.4 Å². The summed E-state index contributed by atoms with van der Waals surface area (Å²) >= 11 is 0. The summed E-state index contributed by atoms with van der Waals surface area (Å²) in [7, 11) is -3.60. The molecule has 0 aliphatic carbocycles. The number of benzene rings is 2. The molecule has 1 atom stereocenters. The van der Waals surface area contributed by atoms with Crippen LogP contribution in [0.25, 0.3) is 0 Å². The van der Waals surface area contributed by atoms with Crippen LogP contribution in [0.5, 0.6) is 0 Å². The first kappa shape index (κ1) is 24.1. The fourth-order valence-electron chi connectivity index (χ4n) is 4.51. The van der Waals surface area contributed by atoms with Crippen LogP contribution in [-0.4, -0.2) is 56.1 Å². The molecule has 180 valence electrons. The summed E-state index contributed by atoms with van der Waals surface area (Å²) in [6.07, 6.45) is 0.396. The van der Waals surface area contributed by atoms with E-state index in [4.69, 9.17) is 4.74 Å². The summed E-state index contributed by atoms with van der Waals surface area (Å²) in [5, 5.41) is 0. The van der Waals surface area contributed by atoms with Crippen molar-refractivity contribution in [3.8, 4) is 0 Å². The Labute approximate surface area is 199 Å². The van der Waals surface area contributed by atoms with Gasteiger partial charge in [0, 0.05) is 37.8 Å². The molecule has 34 heavy (non-hydrogen) atoms. The number of sulfonamides is 1. The molecule has 0 aromatic heterocycles. The maximum atomic E-state index is 12.9. The van der Waals surface area contributed by atoms with Crippen LogP contribution in [0, 0.1) is 5.92 Å². The highest BCUT2D eigenvalue weighted by atomic mass is 32.2. The van der Waals surface area contributed by atoms with Gasteiger partial charge in [0.05, 0.1) is 10.8 Å². The molecular weight excluding hydrogens is 456 g/mol. The van der Waals surface area contributed by atoms with Gasteiger partial charge in [-0.1, -0.05) is 18.2 Å². The van der Waals surface area contributed by atoms with Crippen molar-refractivity contribution in [1.82, 2.24) is 4.31 Å². The lowest BCUT2D eigenvalue weighted by atomic mass is 9.98. The van der Waals surface area contributed by atoms with Crippen LogP contribution in [-0.2, 0) is 30.8 Å². The average Bonchev–Trinajstić information content (AvgIpc) is 3.28. The highest BCUT2D eigenvalue weighted by Crippen LogP contribution is 2.30. The predicted molar refractivity (Wildman–Crippen MR) is 126 cm³/mol. The Balaban J connectivity index is 1.34. The molecule has 2 aromatic rings. The number of piperidine rings is 1. The minimum atomic E-state index is -3.60. The van der Waals surface area contributed by atoms with Crippen LogP contribution in [0.4, 0.5) is 5.69 Å². The summed E-state index contributed by atoms with van der Waals surface area (Å²) in [4.78, 5) is 39.2. The third-order valence-corrected chi connectivity index (χ3v) is 8.38. The molecule has 0 spiro atoms. The van der Waals surface area contributed by atoms with Crippen LogP contribution < -0.4 is 4.90 Å². The van der Waals surface area contributed by atoms with E-state index in [-0.39, 0.29) is 29.7 Å². The van der Waals surface area contributed by atoms with Crippen molar-refractivity contribution in [1.29, 1.82) is 0 Å². The van der Waals surface area contributed by atoms with E-state index < -0.39 is 28.0 Å². The molecule has 0 bridgehead atoms. The van der Waals surface area contributed by atoms with Gasteiger partial charge in [0.15, 0.2) is 6.10 Å². The van der Waals surface area contributed by atoms with Crippen LogP contribution in [0.1, 0.15) is 42.6 Å². The smallest absolute Gasteiger partial charge is 0.309 e. The first-order valence-electron chi connectivity index (χ1n) is 11.4. The zero-order valence-electron chi connectivity index (χ0n) is 19.3. The Kier molecular flexibility index (Phi) is 6.86. The molecule has 8 nitrogen and oxygen atoms in total. The zero-order chi connectivity index (χ0) is 24.5. The Hall–Kier alpha value is -3.04. The Morgan fingerprint density at radius 2 is 1.68 bits per heavy atom. The monoisotopic (exact) mass is 484 g/mol. The predicted octanol–water partition coefficient (Wildman–Crippen LogP) is 2.81. The SMILES string of the molecule is CC(=O)N1CCc2cc(C(=O)[C@@H](C)OC(=O)C3CCN(S(=O)(=O)c4ccccc4)CC3)ccc21. The molecule has 0 radical (unpaired) electrons. The lowest BCUT2D eigenvalue weighted by Crippen LogP contribution is -2.41. The Bertz CT molecular complexity index is 1200. The topological polar surface area (TPSA) is 101 Å². The fraction of sp³-hybridized carbons (Fsp3) is 0.400. The number of fused-ring (bicyclic) bond motifs is 1. The number of ketones is 1. The normalized spacial score (nSPS) is 17.8. The molecule has 2 heterocycles. The first-order valence-corrected chi connectivity index (χ1v) is 12.8. The van der Waals surface area contributed by atoms with Crippen molar-refractivity contribution in [2.24, 2.45) is 5.92 Å². The summed E-state index contributed by atoms with van der Waals surface area (Å²) in [6.45, 7) is 4.08. The van der Waals surface area contributed by atoms with Gasteiger partial charge < -0.3 is 9.64 Å². The average molecular weight is 485 g/mol. The second kappa shape index (κ2) is 9.68. The maximum Gasteiger partial charge on any atom is 0.309 e. The molecule has 2 aliphatic heterocycles. The van der Waals surface area contributed by atoms with Gasteiger partial charge in [0.25, 0.3) is 0 Å². The van der Waals surface area contributed by atoms with E-state index in [1.807, 2.05) is 0 Å². The number of hydrogen-bond acceptors (Lipinski definition) is 6. The van der Waals surface area contributed by atoms with E-state index in [0.29, 0.717) is 31.4 Å². The molecule has 0 N–H and O–H groups in total. The van der Waals surface area contributed by atoms with E-state index >= 15 is 0 Å². The summed E-state index contributed by atoms with van der Waals surface area (Å²) in [5.41, 5.74) is 2.17. The van der Waals surface area contributed by atoms with E-state index in [0.717, 1.165) is 11.3 Å². The van der Waals surface area contributed by atoms with Gasteiger partial charge in [-0.15, -0.1) is 0 Å². The summed E-state index contributed by atoms with van der Waals surface area (Å²) in [5.74, 6) is -1.28. The lowest BCUT2D eigenvalue weighted by Gasteiger charge is -2.30. The van der Waals surface area contributed by atoms with E-state index in [9.17, 15) is 22.8 Å². The highest BCUT2D eigenvalue weighted by molar-refractivity contribution is 7.89. The van der Waals surface area contributed by atoms with Crippen LogP contribution in [0.3, 0.4) is 0 Å². The van der Waals surface area contributed by atoms with Gasteiger partial charge in [0.2, 0.25) is 21.7 Å². The molecule has 4 rings (SSSR count). The molecule has 9 heteroatoms. The number of rotatable bonds is 6. The minimum Gasteiger partial charge on any atom is -0.454 e. The number of esters is 1. The third-order valence-electron chi connectivity index (χ3n) is 6.47. The molecule has 1 fully saturated rings. The Morgan fingerprint density at radius 1 is 1.00 bits per heavy atom. The van der Waals surface area contributed by atoms with Crippen molar-refractivity contribution in [2.75, 3.05) is 24.5 Å². The van der Waals surface area contributed by atoms with Gasteiger partial charge in [-0.05, 0) is 62.1 Å².